The van der Waals surface area contributed by atoms with Gasteiger partial charge >= 0.3 is 0 Å². The Bertz CT molecular complexity index is 523. The average molecular weight is 192 g/mol. The molecular formula is C9H12N4O. The van der Waals surface area contributed by atoms with Crippen molar-refractivity contribution in [2.24, 2.45) is 7.05 Å². The van der Waals surface area contributed by atoms with Gasteiger partial charge in [-0.05, 0) is 13.8 Å². The lowest BCUT2D eigenvalue weighted by atomic mass is 10.4. The molecule has 0 unspecified atom stereocenters. The van der Waals surface area contributed by atoms with Crippen molar-refractivity contribution in [3.8, 4) is 0 Å². The van der Waals surface area contributed by atoms with E-state index in [1.807, 2.05) is 13.8 Å². The quantitative estimate of drug-likeness (QED) is 0.668. The largest absolute Gasteiger partial charge is 0.328 e. The van der Waals surface area contributed by atoms with Gasteiger partial charge in [0.15, 0.2) is 11.2 Å². The number of hydrogen-bond acceptors (Lipinski definition) is 3. The molecule has 0 spiro atoms. The van der Waals surface area contributed by atoms with Crippen LogP contribution in [0.5, 0.6) is 0 Å². The van der Waals surface area contributed by atoms with E-state index in [1.165, 1.54) is 0 Å². The van der Waals surface area contributed by atoms with Crippen molar-refractivity contribution in [3.05, 3.63) is 23.0 Å². The molecule has 0 saturated heterocycles. The van der Waals surface area contributed by atoms with Crippen LogP contribution in [0.1, 0.15) is 19.9 Å². The van der Waals surface area contributed by atoms with Crippen LogP contribution in [-0.4, -0.2) is 19.1 Å². The Balaban J connectivity index is 2.86. The molecule has 5 heteroatoms. The molecule has 0 amide bonds. The number of nitrogens with zero attached hydrogens (tertiary/aromatic N) is 4. The molecule has 0 aliphatic carbocycles. The summed E-state index contributed by atoms with van der Waals surface area (Å²) in [5, 5.41) is 0. The van der Waals surface area contributed by atoms with Gasteiger partial charge < -0.3 is 4.57 Å². The van der Waals surface area contributed by atoms with E-state index in [4.69, 9.17) is 0 Å². The number of imidazole rings is 1. The highest BCUT2D eigenvalue weighted by atomic mass is 16.1. The second kappa shape index (κ2) is 2.94. The smallest absolute Gasteiger partial charge is 0.279 e. The Kier molecular flexibility index (Phi) is 1.87. The molecule has 0 bridgehead atoms. The summed E-state index contributed by atoms with van der Waals surface area (Å²) in [6.07, 6.45) is 3.14. The van der Waals surface area contributed by atoms with E-state index in [9.17, 15) is 4.79 Å². The summed E-state index contributed by atoms with van der Waals surface area (Å²) >= 11 is 0. The third kappa shape index (κ3) is 1.13. The maximum Gasteiger partial charge on any atom is 0.279 e. The highest BCUT2D eigenvalue weighted by molar-refractivity contribution is 5.68. The number of rotatable bonds is 1. The molecule has 0 aromatic carbocycles. The second-order valence-electron chi connectivity index (χ2n) is 3.58. The van der Waals surface area contributed by atoms with Crippen molar-refractivity contribution in [2.45, 2.75) is 19.9 Å². The number of fused-ring (bicyclic) bond motifs is 1. The summed E-state index contributed by atoms with van der Waals surface area (Å²) in [4.78, 5) is 20.0. The van der Waals surface area contributed by atoms with Crippen molar-refractivity contribution in [2.75, 3.05) is 0 Å². The van der Waals surface area contributed by atoms with E-state index < -0.39 is 0 Å². The zero-order chi connectivity index (χ0) is 10.3. The van der Waals surface area contributed by atoms with Crippen LogP contribution in [-0.2, 0) is 7.05 Å². The molecule has 0 N–H and O–H groups in total. The predicted molar refractivity (Wildman–Crippen MR) is 53.2 cm³/mol. The molecule has 2 aromatic rings. The van der Waals surface area contributed by atoms with Gasteiger partial charge in [-0.15, -0.1) is 0 Å². The minimum atomic E-state index is -0.0370. The molecule has 74 valence electrons. The minimum Gasteiger partial charge on any atom is -0.328 e. The first kappa shape index (κ1) is 8.93. The van der Waals surface area contributed by atoms with Crippen LogP contribution in [0.2, 0.25) is 0 Å². The normalized spacial score (nSPS) is 11.4. The van der Waals surface area contributed by atoms with Gasteiger partial charge in [0, 0.05) is 13.1 Å². The van der Waals surface area contributed by atoms with Crippen LogP contribution in [0.4, 0.5) is 0 Å². The van der Waals surface area contributed by atoms with Crippen LogP contribution >= 0.6 is 0 Å². The van der Waals surface area contributed by atoms with E-state index >= 15 is 0 Å². The molecule has 2 aromatic heterocycles. The van der Waals surface area contributed by atoms with Crippen molar-refractivity contribution in [1.82, 2.24) is 19.1 Å². The molecule has 5 nitrogen and oxygen atoms in total. The highest BCUT2D eigenvalue weighted by Gasteiger charge is 2.09. The molecule has 0 aliphatic heterocycles. The van der Waals surface area contributed by atoms with Crippen molar-refractivity contribution < 1.29 is 0 Å². The molecular weight excluding hydrogens is 180 g/mol. The topological polar surface area (TPSA) is 52.7 Å². The SMILES string of the molecule is CC(C)n1cnc2ncn(C)c2c1=O. The van der Waals surface area contributed by atoms with E-state index in [2.05, 4.69) is 9.97 Å². The Hall–Kier alpha value is -1.65. The summed E-state index contributed by atoms with van der Waals surface area (Å²) in [7, 11) is 1.79. The summed E-state index contributed by atoms with van der Waals surface area (Å²) in [5.41, 5.74) is 1.03. The summed E-state index contributed by atoms with van der Waals surface area (Å²) in [5.74, 6) is 0. The summed E-state index contributed by atoms with van der Waals surface area (Å²) in [6, 6.07) is 0.120. The van der Waals surface area contributed by atoms with E-state index in [1.54, 1.807) is 28.8 Å². The monoisotopic (exact) mass is 192 g/mol. The van der Waals surface area contributed by atoms with Gasteiger partial charge in [0.25, 0.3) is 5.56 Å². The molecule has 0 aliphatic rings. The Labute approximate surface area is 81.0 Å². The zero-order valence-corrected chi connectivity index (χ0v) is 8.43. The van der Waals surface area contributed by atoms with Gasteiger partial charge in [-0.3, -0.25) is 9.36 Å². The fourth-order valence-corrected chi connectivity index (χ4v) is 1.42. The van der Waals surface area contributed by atoms with Crippen LogP contribution in [0.3, 0.4) is 0 Å². The maximum absolute atomic E-state index is 11.9. The van der Waals surface area contributed by atoms with Crippen molar-refractivity contribution in [3.63, 3.8) is 0 Å². The zero-order valence-electron chi connectivity index (χ0n) is 8.43. The lowest BCUT2D eigenvalue weighted by Crippen LogP contribution is -2.23. The third-order valence-electron chi connectivity index (χ3n) is 2.22. The summed E-state index contributed by atoms with van der Waals surface area (Å²) < 4.78 is 3.30. The highest BCUT2D eigenvalue weighted by Crippen LogP contribution is 2.05. The van der Waals surface area contributed by atoms with E-state index in [-0.39, 0.29) is 11.6 Å². The number of hydrogen-bond donors (Lipinski definition) is 0. The number of aromatic nitrogens is 4. The Morgan fingerprint density at radius 3 is 2.57 bits per heavy atom. The fraction of sp³-hybridized carbons (Fsp3) is 0.444. The van der Waals surface area contributed by atoms with Crippen LogP contribution in [0, 0.1) is 0 Å². The third-order valence-corrected chi connectivity index (χ3v) is 2.22. The van der Waals surface area contributed by atoms with Gasteiger partial charge in [-0.25, -0.2) is 9.97 Å². The van der Waals surface area contributed by atoms with Crippen LogP contribution < -0.4 is 5.56 Å². The summed E-state index contributed by atoms with van der Waals surface area (Å²) in [6.45, 7) is 3.90. The fourth-order valence-electron chi connectivity index (χ4n) is 1.42. The molecule has 0 atom stereocenters. The molecule has 2 rings (SSSR count). The van der Waals surface area contributed by atoms with Gasteiger partial charge in [-0.1, -0.05) is 0 Å². The molecule has 0 saturated carbocycles. The van der Waals surface area contributed by atoms with Gasteiger partial charge in [0.2, 0.25) is 0 Å². The first-order chi connectivity index (χ1) is 6.61. The second-order valence-corrected chi connectivity index (χ2v) is 3.58. The lowest BCUT2D eigenvalue weighted by Gasteiger charge is -2.08. The Morgan fingerprint density at radius 2 is 1.93 bits per heavy atom. The predicted octanol–water partition coefficient (Wildman–Crippen LogP) is 0.711. The maximum atomic E-state index is 11.9. The van der Waals surface area contributed by atoms with Gasteiger partial charge in [0.05, 0.1) is 6.33 Å². The first-order valence-electron chi connectivity index (χ1n) is 4.49. The molecule has 0 fully saturated rings. The van der Waals surface area contributed by atoms with Crippen molar-refractivity contribution >= 4 is 11.2 Å². The number of aryl methyl sites for hydroxylation is 1. The standard InChI is InChI=1S/C9H12N4O/c1-6(2)13-5-11-8-7(9(13)14)12(3)4-10-8/h4-6H,1-3H3. The van der Waals surface area contributed by atoms with Gasteiger partial charge in [0.1, 0.15) is 6.33 Å². The van der Waals surface area contributed by atoms with Crippen LogP contribution in [0.25, 0.3) is 11.2 Å². The van der Waals surface area contributed by atoms with E-state index in [0.717, 1.165) is 0 Å². The molecule has 0 radical (unpaired) electrons. The van der Waals surface area contributed by atoms with E-state index in [0.29, 0.717) is 11.2 Å². The average Bonchev–Trinajstić information content (AvgIpc) is 2.48. The lowest BCUT2D eigenvalue weighted by molar-refractivity contribution is 0.571. The minimum absolute atomic E-state index is 0.0370. The Morgan fingerprint density at radius 1 is 1.29 bits per heavy atom. The molecule has 2 heterocycles. The van der Waals surface area contributed by atoms with Crippen molar-refractivity contribution in [1.29, 1.82) is 0 Å². The van der Waals surface area contributed by atoms with Gasteiger partial charge in [-0.2, -0.15) is 0 Å². The van der Waals surface area contributed by atoms with Crippen LogP contribution in [0.15, 0.2) is 17.4 Å². The molecule has 14 heavy (non-hydrogen) atoms. The first-order valence-corrected chi connectivity index (χ1v) is 4.49.